The highest BCUT2D eigenvalue weighted by molar-refractivity contribution is 7.99. The van der Waals surface area contributed by atoms with Gasteiger partial charge in [0, 0.05) is 5.54 Å². The summed E-state index contributed by atoms with van der Waals surface area (Å²) in [6, 6.07) is 0. The molecule has 13 heavy (non-hydrogen) atoms. The van der Waals surface area contributed by atoms with E-state index >= 15 is 0 Å². The van der Waals surface area contributed by atoms with Gasteiger partial charge in [0.05, 0.1) is 5.60 Å². The molecule has 0 bridgehead atoms. The normalized spacial score (nSPS) is 26.8. The first-order valence-corrected chi connectivity index (χ1v) is 6.26. The lowest BCUT2D eigenvalue weighted by Gasteiger charge is -2.44. The van der Waals surface area contributed by atoms with Crippen molar-refractivity contribution in [3.8, 4) is 0 Å². The van der Waals surface area contributed by atoms with Gasteiger partial charge in [-0.15, -0.1) is 0 Å². The Kier molecular flexibility index (Phi) is 3.66. The maximum absolute atomic E-state index is 10.4. The molecular formula is C10H21NOS. The van der Waals surface area contributed by atoms with Crippen molar-refractivity contribution in [3.05, 3.63) is 0 Å². The fourth-order valence-electron chi connectivity index (χ4n) is 2.03. The van der Waals surface area contributed by atoms with Crippen LogP contribution in [0.15, 0.2) is 0 Å². The SMILES string of the molecule is CCCC(C)(N)C1(O)CCSCC1. The topological polar surface area (TPSA) is 46.2 Å². The van der Waals surface area contributed by atoms with Crippen LogP contribution < -0.4 is 5.73 Å². The van der Waals surface area contributed by atoms with Crippen LogP contribution in [0.4, 0.5) is 0 Å². The van der Waals surface area contributed by atoms with E-state index in [-0.39, 0.29) is 0 Å². The Morgan fingerprint density at radius 2 is 2.00 bits per heavy atom. The van der Waals surface area contributed by atoms with Crippen LogP contribution in [0, 0.1) is 0 Å². The van der Waals surface area contributed by atoms with Gasteiger partial charge < -0.3 is 10.8 Å². The van der Waals surface area contributed by atoms with E-state index < -0.39 is 11.1 Å². The highest BCUT2D eigenvalue weighted by Gasteiger charge is 2.43. The van der Waals surface area contributed by atoms with Gasteiger partial charge in [-0.3, -0.25) is 0 Å². The minimum absolute atomic E-state index is 0.400. The summed E-state index contributed by atoms with van der Waals surface area (Å²) in [7, 11) is 0. The van der Waals surface area contributed by atoms with E-state index in [0.29, 0.717) is 0 Å². The van der Waals surface area contributed by atoms with Crippen LogP contribution in [0.3, 0.4) is 0 Å². The zero-order chi connectivity index (χ0) is 9.95. The Balaban J connectivity index is 2.64. The summed E-state index contributed by atoms with van der Waals surface area (Å²) >= 11 is 1.92. The molecule has 1 unspecified atom stereocenters. The Bertz CT molecular complexity index is 164. The van der Waals surface area contributed by atoms with Gasteiger partial charge in [0.25, 0.3) is 0 Å². The second kappa shape index (κ2) is 4.20. The predicted molar refractivity (Wildman–Crippen MR) is 59.0 cm³/mol. The van der Waals surface area contributed by atoms with Crippen molar-refractivity contribution >= 4 is 11.8 Å². The maximum atomic E-state index is 10.4. The van der Waals surface area contributed by atoms with E-state index in [2.05, 4.69) is 6.92 Å². The quantitative estimate of drug-likeness (QED) is 0.735. The molecular weight excluding hydrogens is 182 g/mol. The molecule has 0 aromatic heterocycles. The number of hydrogen-bond donors (Lipinski definition) is 2. The van der Waals surface area contributed by atoms with Gasteiger partial charge in [-0.1, -0.05) is 13.3 Å². The standard InChI is InChI=1S/C10H21NOS/c1-3-4-9(2,11)10(12)5-7-13-8-6-10/h12H,3-8,11H2,1-2H3. The van der Waals surface area contributed by atoms with Gasteiger partial charge in [-0.05, 0) is 37.7 Å². The van der Waals surface area contributed by atoms with Crippen LogP contribution in [-0.2, 0) is 0 Å². The molecule has 0 saturated carbocycles. The molecule has 0 aromatic rings. The number of hydrogen-bond acceptors (Lipinski definition) is 3. The van der Waals surface area contributed by atoms with Crippen LogP contribution in [-0.4, -0.2) is 27.8 Å². The molecule has 1 aliphatic heterocycles. The molecule has 1 saturated heterocycles. The molecule has 1 atom stereocenters. The number of rotatable bonds is 3. The monoisotopic (exact) mass is 203 g/mol. The van der Waals surface area contributed by atoms with Crippen LogP contribution in [0.25, 0.3) is 0 Å². The minimum Gasteiger partial charge on any atom is -0.388 e. The fourth-order valence-corrected chi connectivity index (χ4v) is 3.20. The molecule has 0 spiro atoms. The molecule has 78 valence electrons. The van der Waals surface area contributed by atoms with E-state index in [1.54, 1.807) is 0 Å². The molecule has 1 rings (SSSR count). The predicted octanol–water partition coefficient (Wildman–Crippen LogP) is 1.76. The highest BCUT2D eigenvalue weighted by Crippen LogP contribution is 2.36. The number of nitrogens with two attached hydrogens (primary N) is 1. The molecule has 0 amide bonds. The summed E-state index contributed by atoms with van der Waals surface area (Å²) in [6.45, 7) is 4.11. The van der Waals surface area contributed by atoms with E-state index in [1.165, 1.54) is 0 Å². The Morgan fingerprint density at radius 3 is 2.46 bits per heavy atom. The first-order valence-electron chi connectivity index (χ1n) is 5.11. The lowest BCUT2D eigenvalue weighted by molar-refractivity contribution is -0.0394. The molecule has 1 heterocycles. The molecule has 2 nitrogen and oxygen atoms in total. The molecule has 0 radical (unpaired) electrons. The molecule has 1 aliphatic rings. The Morgan fingerprint density at radius 1 is 1.46 bits per heavy atom. The number of thioether (sulfide) groups is 1. The van der Waals surface area contributed by atoms with Gasteiger partial charge in [-0.2, -0.15) is 11.8 Å². The van der Waals surface area contributed by atoms with Crippen molar-refractivity contribution in [3.63, 3.8) is 0 Å². The molecule has 3 heteroatoms. The summed E-state index contributed by atoms with van der Waals surface area (Å²) < 4.78 is 0. The third kappa shape index (κ3) is 2.39. The average molecular weight is 203 g/mol. The second-order valence-corrected chi connectivity index (χ2v) is 5.54. The second-order valence-electron chi connectivity index (χ2n) is 4.31. The summed E-state index contributed by atoms with van der Waals surface area (Å²) in [5, 5.41) is 10.4. The Labute approximate surface area is 85.3 Å². The van der Waals surface area contributed by atoms with Gasteiger partial charge in [0.2, 0.25) is 0 Å². The van der Waals surface area contributed by atoms with Gasteiger partial charge in [0.1, 0.15) is 0 Å². The largest absolute Gasteiger partial charge is 0.388 e. The van der Waals surface area contributed by atoms with Crippen LogP contribution in [0.2, 0.25) is 0 Å². The molecule has 0 aromatic carbocycles. The van der Waals surface area contributed by atoms with E-state index in [4.69, 9.17) is 5.73 Å². The third-order valence-corrected chi connectivity index (χ3v) is 4.14. The van der Waals surface area contributed by atoms with E-state index in [1.807, 2.05) is 18.7 Å². The lowest BCUT2D eigenvalue weighted by Crippen LogP contribution is -2.60. The van der Waals surface area contributed by atoms with Gasteiger partial charge in [-0.25, -0.2) is 0 Å². The lowest BCUT2D eigenvalue weighted by atomic mass is 9.75. The van der Waals surface area contributed by atoms with Crippen LogP contribution >= 0.6 is 11.8 Å². The zero-order valence-corrected chi connectivity index (χ0v) is 9.49. The van der Waals surface area contributed by atoms with Crippen LogP contribution in [0.1, 0.15) is 39.5 Å². The maximum Gasteiger partial charge on any atom is 0.0839 e. The van der Waals surface area contributed by atoms with Crippen molar-refractivity contribution in [2.45, 2.75) is 50.7 Å². The van der Waals surface area contributed by atoms with Crippen LogP contribution in [0.5, 0.6) is 0 Å². The highest BCUT2D eigenvalue weighted by atomic mass is 32.2. The number of aliphatic hydroxyl groups is 1. The van der Waals surface area contributed by atoms with E-state index in [9.17, 15) is 5.11 Å². The fraction of sp³-hybridized carbons (Fsp3) is 1.00. The summed E-state index contributed by atoms with van der Waals surface area (Å²) in [5.74, 6) is 2.10. The minimum atomic E-state index is -0.617. The first kappa shape index (κ1) is 11.3. The molecule has 3 N–H and O–H groups in total. The zero-order valence-electron chi connectivity index (χ0n) is 8.68. The molecule has 0 aliphatic carbocycles. The van der Waals surface area contributed by atoms with Crippen molar-refractivity contribution < 1.29 is 5.11 Å². The van der Waals surface area contributed by atoms with Crippen molar-refractivity contribution in [2.24, 2.45) is 5.73 Å². The molecule has 1 fully saturated rings. The van der Waals surface area contributed by atoms with Crippen molar-refractivity contribution in [1.29, 1.82) is 0 Å². The first-order chi connectivity index (χ1) is 6.02. The van der Waals surface area contributed by atoms with Gasteiger partial charge >= 0.3 is 0 Å². The third-order valence-electron chi connectivity index (χ3n) is 3.15. The van der Waals surface area contributed by atoms with Crippen molar-refractivity contribution in [2.75, 3.05) is 11.5 Å². The smallest absolute Gasteiger partial charge is 0.0839 e. The summed E-state index contributed by atoms with van der Waals surface area (Å²) in [4.78, 5) is 0. The Hall–Kier alpha value is 0.270. The van der Waals surface area contributed by atoms with Gasteiger partial charge in [0.15, 0.2) is 0 Å². The summed E-state index contributed by atoms with van der Waals surface area (Å²) in [6.07, 6.45) is 3.66. The summed E-state index contributed by atoms with van der Waals surface area (Å²) in [5.41, 5.74) is 5.16. The average Bonchev–Trinajstić information content (AvgIpc) is 2.05. The van der Waals surface area contributed by atoms with E-state index in [0.717, 1.165) is 37.2 Å². The van der Waals surface area contributed by atoms with Crippen molar-refractivity contribution in [1.82, 2.24) is 0 Å².